The van der Waals surface area contributed by atoms with Gasteiger partial charge in [0.15, 0.2) is 13.2 Å². The quantitative estimate of drug-likeness (QED) is 0.263. The highest BCUT2D eigenvalue weighted by Gasteiger charge is 2.17. The Morgan fingerprint density at radius 3 is 2.61 bits per heavy atom. The lowest BCUT2D eigenvalue weighted by Gasteiger charge is -2.09. The van der Waals surface area contributed by atoms with E-state index in [1.165, 1.54) is 24.3 Å². The number of nitro groups is 1. The van der Waals surface area contributed by atoms with Crippen LogP contribution in [0.4, 0.5) is 11.4 Å². The van der Waals surface area contributed by atoms with Crippen molar-refractivity contribution in [3.63, 3.8) is 0 Å². The fraction of sp³-hybridized carbons (Fsp3) is 0.190. The molecule has 1 heterocycles. The molecule has 1 amide bonds. The first-order chi connectivity index (χ1) is 14.7. The van der Waals surface area contributed by atoms with Crippen molar-refractivity contribution in [3.8, 4) is 5.75 Å². The molecule has 0 unspecified atom stereocenters. The summed E-state index contributed by atoms with van der Waals surface area (Å²) in [5.41, 5.74) is 0.965. The van der Waals surface area contributed by atoms with E-state index in [0.29, 0.717) is 11.1 Å². The summed E-state index contributed by atoms with van der Waals surface area (Å²) in [5.74, 6) is -1.28. The molecule has 31 heavy (non-hydrogen) atoms. The number of fused-ring (bicyclic) bond motifs is 1. The van der Waals surface area contributed by atoms with Crippen molar-refractivity contribution in [3.05, 3.63) is 74.1 Å². The highest BCUT2D eigenvalue weighted by Crippen LogP contribution is 2.25. The molecule has 10 nitrogen and oxygen atoms in total. The Hall–Kier alpha value is -4.21. The van der Waals surface area contributed by atoms with Gasteiger partial charge >= 0.3 is 11.6 Å². The molecule has 0 aliphatic rings. The van der Waals surface area contributed by atoms with Crippen molar-refractivity contribution >= 4 is 34.2 Å². The Kier molecular flexibility index (Phi) is 6.29. The number of esters is 1. The zero-order valence-corrected chi connectivity index (χ0v) is 16.7. The Bertz CT molecular complexity index is 1230. The van der Waals surface area contributed by atoms with E-state index < -0.39 is 35.6 Å². The number of hydrogen-bond acceptors (Lipinski definition) is 8. The van der Waals surface area contributed by atoms with Gasteiger partial charge in [-0.15, -0.1) is 0 Å². The molecular weight excluding hydrogens is 408 g/mol. The number of nitro benzene ring substituents is 1. The minimum Gasteiger partial charge on any atom is -0.482 e. The third-order valence-electron chi connectivity index (χ3n) is 4.27. The second-order valence-corrected chi connectivity index (χ2v) is 6.68. The first-order valence-corrected chi connectivity index (χ1v) is 9.11. The molecule has 160 valence electrons. The van der Waals surface area contributed by atoms with Gasteiger partial charge in [-0.3, -0.25) is 14.9 Å². The maximum Gasteiger partial charge on any atom is 0.344 e. The van der Waals surface area contributed by atoms with Crippen molar-refractivity contribution in [1.29, 1.82) is 0 Å². The summed E-state index contributed by atoms with van der Waals surface area (Å²) in [6, 6.07) is 10.5. The molecule has 0 aliphatic heterocycles. The van der Waals surface area contributed by atoms with E-state index in [9.17, 15) is 24.5 Å². The number of carbonyl (C=O) groups excluding carboxylic acids is 2. The molecule has 3 rings (SSSR count). The minimum absolute atomic E-state index is 0.000786. The van der Waals surface area contributed by atoms with Crippen LogP contribution in [-0.2, 0) is 14.3 Å². The highest BCUT2D eigenvalue weighted by atomic mass is 16.6. The predicted octanol–water partition coefficient (Wildman–Crippen LogP) is 2.88. The average Bonchev–Trinajstić information content (AvgIpc) is 2.71. The summed E-state index contributed by atoms with van der Waals surface area (Å²) in [7, 11) is 0. The molecule has 0 radical (unpaired) electrons. The lowest BCUT2D eigenvalue weighted by atomic mass is 10.1. The van der Waals surface area contributed by atoms with Crippen LogP contribution in [0.5, 0.6) is 5.75 Å². The Morgan fingerprint density at radius 2 is 1.87 bits per heavy atom. The first-order valence-electron chi connectivity index (χ1n) is 9.11. The molecule has 0 bridgehead atoms. The van der Waals surface area contributed by atoms with Gasteiger partial charge in [-0.25, -0.2) is 9.59 Å². The fourth-order valence-electron chi connectivity index (χ4n) is 2.81. The molecule has 3 aromatic rings. The van der Waals surface area contributed by atoms with E-state index in [0.717, 1.165) is 10.9 Å². The fourth-order valence-corrected chi connectivity index (χ4v) is 2.81. The average molecular weight is 426 g/mol. The summed E-state index contributed by atoms with van der Waals surface area (Å²) < 4.78 is 15.2. The first kappa shape index (κ1) is 21.5. The van der Waals surface area contributed by atoms with Crippen molar-refractivity contribution in [1.82, 2.24) is 0 Å². The minimum atomic E-state index is -0.820. The van der Waals surface area contributed by atoms with Crippen LogP contribution in [0.3, 0.4) is 0 Å². The number of amides is 1. The number of anilines is 1. The van der Waals surface area contributed by atoms with Crippen molar-refractivity contribution in [2.45, 2.75) is 13.8 Å². The maximum atomic E-state index is 12.0. The third kappa shape index (κ3) is 5.44. The third-order valence-corrected chi connectivity index (χ3v) is 4.27. The van der Waals surface area contributed by atoms with E-state index in [1.807, 2.05) is 0 Å². The monoisotopic (exact) mass is 426 g/mol. The van der Waals surface area contributed by atoms with E-state index in [-0.39, 0.29) is 17.1 Å². The molecule has 1 N–H and O–H groups in total. The molecule has 0 saturated carbocycles. The number of rotatable bonds is 7. The number of hydrogen-bond donors (Lipinski definition) is 1. The van der Waals surface area contributed by atoms with Gasteiger partial charge in [0.25, 0.3) is 11.6 Å². The van der Waals surface area contributed by atoms with Crippen LogP contribution in [-0.4, -0.2) is 30.0 Å². The zero-order valence-electron chi connectivity index (χ0n) is 16.7. The van der Waals surface area contributed by atoms with Gasteiger partial charge < -0.3 is 19.2 Å². The number of nitrogens with one attached hydrogen (secondary N) is 1. The van der Waals surface area contributed by atoms with Crippen LogP contribution in [0.1, 0.15) is 11.1 Å². The van der Waals surface area contributed by atoms with Crippen molar-refractivity contribution in [2.24, 2.45) is 0 Å². The summed E-state index contributed by atoms with van der Waals surface area (Å²) >= 11 is 0. The van der Waals surface area contributed by atoms with Gasteiger partial charge in [0, 0.05) is 23.6 Å². The maximum absolute atomic E-state index is 12.0. The normalized spacial score (nSPS) is 10.5. The molecule has 0 spiro atoms. The van der Waals surface area contributed by atoms with Crippen LogP contribution in [0, 0.1) is 24.0 Å². The Balaban J connectivity index is 1.54. The lowest BCUT2D eigenvalue weighted by Crippen LogP contribution is -2.24. The molecular formula is C21H18N2O8. The Morgan fingerprint density at radius 1 is 1.10 bits per heavy atom. The zero-order chi connectivity index (χ0) is 22.5. The SMILES string of the molecule is Cc1ccc(NC(=O)COC(=O)COc2ccc3c(C)cc(=O)oc3c2)c([N+](=O)[O-])c1. The summed E-state index contributed by atoms with van der Waals surface area (Å²) in [6.07, 6.45) is 0. The van der Waals surface area contributed by atoms with E-state index >= 15 is 0 Å². The Labute approximate surface area is 175 Å². The highest BCUT2D eigenvalue weighted by molar-refractivity contribution is 5.95. The van der Waals surface area contributed by atoms with E-state index in [1.54, 1.807) is 32.0 Å². The lowest BCUT2D eigenvalue weighted by molar-refractivity contribution is -0.384. The number of carbonyl (C=O) groups is 2. The van der Waals surface area contributed by atoms with Gasteiger partial charge in [0.2, 0.25) is 0 Å². The van der Waals surface area contributed by atoms with E-state index in [4.69, 9.17) is 13.9 Å². The molecule has 0 aliphatic carbocycles. The largest absolute Gasteiger partial charge is 0.482 e. The van der Waals surface area contributed by atoms with Gasteiger partial charge in [0.05, 0.1) is 4.92 Å². The second kappa shape index (κ2) is 9.08. The van der Waals surface area contributed by atoms with Crippen molar-refractivity contribution in [2.75, 3.05) is 18.5 Å². The molecule has 2 aromatic carbocycles. The standard InChI is InChI=1S/C21H18N2O8/c1-12-3-6-16(17(7-12)23(27)28)22-19(24)10-30-21(26)11-29-14-4-5-15-13(2)8-20(25)31-18(15)9-14/h3-9H,10-11H2,1-2H3,(H,22,24). The molecule has 10 heteroatoms. The van der Waals surface area contributed by atoms with Crippen LogP contribution in [0.15, 0.2) is 51.7 Å². The summed E-state index contributed by atoms with van der Waals surface area (Å²) in [5, 5.41) is 14.2. The molecule has 1 aromatic heterocycles. The number of nitrogens with zero attached hydrogens (tertiary/aromatic N) is 1. The number of benzene rings is 2. The van der Waals surface area contributed by atoms with Crippen LogP contribution < -0.4 is 15.7 Å². The van der Waals surface area contributed by atoms with Crippen LogP contribution >= 0.6 is 0 Å². The number of aryl methyl sites for hydroxylation is 2. The van der Waals surface area contributed by atoms with Gasteiger partial charge in [-0.1, -0.05) is 6.07 Å². The number of ether oxygens (including phenoxy) is 2. The van der Waals surface area contributed by atoms with Crippen molar-refractivity contribution < 1.29 is 28.4 Å². The van der Waals surface area contributed by atoms with Gasteiger partial charge in [0.1, 0.15) is 17.0 Å². The topological polar surface area (TPSA) is 138 Å². The smallest absolute Gasteiger partial charge is 0.344 e. The van der Waals surface area contributed by atoms with E-state index in [2.05, 4.69) is 5.32 Å². The second-order valence-electron chi connectivity index (χ2n) is 6.68. The van der Waals surface area contributed by atoms with Gasteiger partial charge in [-0.05, 0) is 43.2 Å². The predicted molar refractivity (Wildman–Crippen MR) is 110 cm³/mol. The summed E-state index contributed by atoms with van der Waals surface area (Å²) in [6.45, 7) is 2.33. The van der Waals surface area contributed by atoms with Crippen LogP contribution in [0.25, 0.3) is 11.0 Å². The molecule has 0 fully saturated rings. The molecule has 0 saturated heterocycles. The van der Waals surface area contributed by atoms with Gasteiger partial charge in [-0.2, -0.15) is 0 Å². The molecule has 0 atom stereocenters. The van der Waals surface area contributed by atoms with Crippen LogP contribution in [0.2, 0.25) is 0 Å². The summed E-state index contributed by atoms with van der Waals surface area (Å²) in [4.78, 5) is 45.8.